The molecule has 1 amide bonds. The standard InChI is InChI=1S/C35H41ClFN5O2/c1-20(2)23-13-11-14-24(21(3)4)29(23)32-31-26(18-27(36)30(38-31)25-12-9-10-15-28(25)37)33(40-39-32)42-17-16-41(19-22(42)5)34(43)44-35(6,7)8/h9-15,18,20-22H,16-17,19H2,1-8H3/t22-/m0/s1. The van der Waals surface area contributed by atoms with Crippen molar-refractivity contribution in [1.29, 1.82) is 0 Å². The van der Waals surface area contributed by atoms with E-state index in [9.17, 15) is 4.79 Å². The van der Waals surface area contributed by atoms with Crippen molar-refractivity contribution in [1.82, 2.24) is 20.1 Å². The van der Waals surface area contributed by atoms with Gasteiger partial charge in [-0.2, -0.15) is 0 Å². The van der Waals surface area contributed by atoms with Crippen molar-refractivity contribution < 1.29 is 13.9 Å². The van der Waals surface area contributed by atoms with Gasteiger partial charge in [0.1, 0.15) is 22.6 Å². The minimum absolute atomic E-state index is 0.0844. The van der Waals surface area contributed by atoms with Crippen molar-refractivity contribution in [3.05, 3.63) is 70.5 Å². The van der Waals surface area contributed by atoms with Crippen LogP contribution in [0.5, 0.6) is 0 Å². The van der Waals surface area contributed by atoms with E-state index >= 15 is 4.39 Å². The summed E-state index contributed by atoms with van der Waals surface area (Å²) in [6.45, 7) is 17.7. The Morgan fingerprint density at radius 2 is 1.64 bits per heavy atom. The van der Waals surface area contributed by atoms with Crippen LogP contribution in [0.4, 0.5) is 15.0 Å². The Balaban J connectivity index is 1.71. The molecule has 0 N–H and O–H groups in total. The van der Waals surface area contributed by atoms with Gasteiger partial charge in [-0.3, -0.25) is 0 Å². The molecule has 5 rings (SSSR count). The minimum Gasteiger partial charge on any atom is -0.444 e. The molecule has 1 fully saturated rings. The molecule has 7 nitrogen and oxygen atoms in total. The summed E-state index contributed by atoms with van der Waals surface area (Å²) in [6, 6.07) is 14.6. The van der Waals surface area contributed by atoms with Crippen LogP contribution >= 0.6 is 11.6 Å². The third kappa shape index (κ3) is 6.23. The van der Waals surface area contributed by atoms with E-state index in [1.807, 2.05) is 33.8 Å². The summed E-state index contributed by atoms with van der Waals surface area (Å²) < 4.78 is 20.7. The van der Waals surface area contributed by atoms with E-state index in [0.717, 1.165) is 22.1 Å². The average Bonchev–Trinajstić information content (AvgIpc) is 2.95. The van der Waals surface area contributed by atoms with Crippen molar-refractivity contribution in [2.75, 3.05) is 24.5 Å². The van der Waals surface area contributed by atoms with E-state index in [4.69, 9.17) is 31.5 Å². The predicted octanol–water partition coefficient (Wildman–Crippen LogP) is 8.84. The quantitative estimate of drug-likeness (QED) is 0.223. The molecule has 0 bridgehead atoms. The van der Waals surface area contributed by atoms with Crippen molar-refractivity contribution in [2.24, 2.45) is 0 Å². The summed E-state index contributed by atoms with van der Waals surface area (Å²) in [5.74, 6) is 0.670. The summed E-state index contributed by atoms with van der Waals surface area (Å²) >= 11 is 6.88. The highest BCUT2D eigenvalue weighted by atomic mass is 35.5. The van der Waals surface area contributed by atoms with Gasteiger partial charge in [0.05, 0.1) is 10.7 Å². The second-order valence-electron chi connectivity index (χ2n) is 13.2. The van der Waals surface area contributed by atoms with Crippen LogP contribution in [0.1, 0.15) is 78.4 Å². The predicted molar refractivity (Wildman–Crippen MR) is 176 cm³/mol. The van der Waals surface area contributed by atoms with Gasteiger partial charge in [0.15, 0.2) is 5.82 Å². The molecule has 1 saturated heterocycles. The van der Waals surface area contributed by atoms with Gasteiger partial charge in [-0.15, -0.1) is 10.2 Å². The van der Waals surface area contributed by atoms with Crippen molar-refractivity contribution >= 4 is 34.4 Å². The molecule has 0 saturated carbocycles. The lowest BCUT2D eigenvalue weighted by atomic mass is 9.86. The fourth-order valence-electron chi connectivity index (χ4n) is 5.85. The maximum Gasteiger partial charge on any atom is 0.410 e. The van der Waals surface area contributed by atoms with Crippen LogP contribution in [0.15, 0.2) is 48.5 Å². The fraction of sp³-hybridized carbons (Fsp3) is 0.429. The minimum atomic E-state index is -0.575. The smallest absolute Gasteiger partial charge is 0.410 e. The van der Waals surface area contributed by atoms with Crippen molar-refractivity contribution in [2.45, 2.75) is 78.9 Å². The number of piperazine rings is 1. The number of amides is 1. The van der Waals surface area contributed by atoms with E-state index < -0.39 is 11.4 Å². The van der Waals surface area contributed by atoms with E-state index in [1.165, 1.54) is 6.07 Å². The van der Waals surface area contributed by atoms with Crippen LogP contribution < -0.4 is 4.90 Å². The number of benzene rings is 2. The number of rotatable bonds is 5. The molecule has 0 unspecified atom stereocenters. The number of ether oxygens (including phenoxy) is 1. The number of fused-ring (bicyclic) bond motifs is 1. The zero-order chi connectivity index (χ0) is 31.9. The normalized spacial score (nSPS) is 15.9. The van der Waals surface area contributed by atoms with Crippen molar-refractivity contribution in [3.63, 3.8) is 0 Å². The van der Waals surface area contributed by atoms with Gasteiger partial charge in [-0.05, 0) is 68.9 Å². The molecular formula is C35H41ClFN5O2. The maximum atomic E-state index is 15.1. The lowest BCUT2D eigenvalue weighted by molar-refractivity contribution is 0.0218. The van der Waals surface area contributed by atoms with Crippen LogP contribution in [0.25, 0.3) is 33.4 Å². The number of anilines is 1. The highest BCUT2D eigenvalue weighted by molar-refractivity contribution is 6.34. The zero-order valence-corrected chi connectivity index (χ0v) is 27.5. The van der Waals surface area contributed by atoms with Crippen LogP contribution in [0.3, 0.4) is 0 Å². The van der Waals surface area contributed by atoms with Crippen LogP contribution in [0.2, 0.25) is 5.02 Å². The Bertz CT molecular complexity index is 1670. The van der Waals surface area contributed by atoms with Crippen LogP contribution in [-0.2, 0) is 4.74 Å². The first-order chi connectivity index (χ1) is 20.8. The molecule has 1 aliphatic rings. The fourth-order valence-corrected chi connectivity index (χ4v) is 6.10. The van der Waals surface area contributed by atoms with Crippen LogP contribution in [0, 0.1) is 5.82 Å². The Morgan fingerprint density at radius 3 is 2.23 bits per heavy atom. The number of pyridine rings is 1. The molecule has 4 aromatic rings. The number of hydrogen-bond acceptors (Lipinski definition) is 6. The number of nitrogens with zero attached hydrogens (tertiary/aromatic N) is 5. The van der Waals surface area contributed by atoms with Crippen molar-refractivity contribution in [3.8, 4) is 22.5 Å². The first-order valence-electron chi connectivity index (χ1n) is 15.3. The van der Waals surface area contributed by atoms with E-state index in [0.29, 0.717) is 52.9 Å². The number of halogens is 2. The Labute approximate surface area is 264 Å². The highest BCUT2D eigenvalue weighted by Gasteiger charge is 2.33. The maximum absolute atomic E-state index is 15.1. The monoisotopic (exact) mass is 617 g/mol. The van der Waals surface area contributed by atoms with Gasteiger partial charge in [0, 0.05) is 42.2 Å². The summed E-state index contributed by atoms with van der Waals surface area (Å²) in [7, 11) is 0. The van der Waals surface area contributed by atoms with E-state index in [1.54, 1.807) is 23.1 Å². The second kappa shape index (κ2) is 12.3. The number of carbonyl (C=O) groups is 1. The van der Waals surface area contributed by atoms with Gasteiger partial charge in [0.25, 0.3) is 0 Å². The molecule has 0 spiro atoms. The highest BCUT2D eigenvalue weighted by Crippen LogP contribution is 2.42. The van der Waals surface area contributed by atoms with E-state index in [2.05, 4.69) is 50.8 Å². The SMILES string of the molecule is CC(C)c1cccc(C(C)C)c1-c1nnc(N2CCN(C(=O)OC(C)(C)C)C[C@@H]2C)c2cc(Cl)c(-c3ccccc3F)nc12. The first-order valence-corrected chi connectivity index (χ1v) is 15.6. The van der Waals surface area contributed by atoms with Gasteiger partial charge in [0.2, 0.25) is 0 Å². The molecule has 2 aromatic carbocycles. The third-order valence-electron chi connectivity index (χ3n) is 7.98. The van der Waals surface area contributed by atoms with Gasteiger partial charge in [-0.25, -0.2) is 14.2 Å². The number of hydrogen-bond donors (Lipinski definition) is 0. The Morgan fingerprint density at radius 1 is 0.977 bits per heavy atom. The summed E-state index contributed by atoms with van der Waals surface area (Å²) in [5.41, 5.74) is 4.64. The van der Waals surface area contributed by atoms with Gasteiger partial charge in [-0.1, -0.05) is 69.6 Å². The summed E-state index contributed by atoms with van der Waals surface area (Å²) in [6.07, 6.45) is -0.332. The lowest BCUT2D eigenvalue weighted by Gasteiger charge is -2.41. The van der Waals surface area contributed by atoms with Crippen LogP contribution in [-0.4, -0.2) is 57.5 Å². The Hall–Kier alpha value is -3.78. The van der Waals surface area contributed by atoms with E-state index in [-0.39, 0.29) is 24.0 Å². The second-order valence-corrected chi connectivity index (χ2v) is 13.6. The third-order valence-corrected chi connectivity index (χ3v) is 8.26. The molecule has 1 aliphatic heterocycles. The molecule has 2 aromatic heterocycles. The molecular weight excluding hydrogens is 577 g/mol. The molecule has 232 valence electrons. The number of aromatic nitrogens is 3. The molecule has 1 atom stereocenters. The Kier molecular flexibility index (Phi) is 8.85. The largest absolute Gasteiger partial charge is 0.444 e. The average molecular weight is 618 g/mol. The first kappa shape index (κ1) is 31.6. The summed E-state index contributed by atoms with van der Waals surface area (Å²) in [4.78, 5) is 21.8. The zero-order valence-electron chi connectivity index (χ0n) is 26.8. The molecule has 44 heavy (non-hydrogen) atoms. The lowest BCUT2D eigenvalue weighted by Crippen LogP contribution is -2.55. The van der Waals surface area contributed by atoms with Gasteiger partial charge < -0.3 is 14.5 Å². The molecule has 9 heteroatoms. The van der Waals surface area contributed by atoms with Gasteiger partial charge >= 0.3 is 6.09 Å². The molecule has 0 aliphatic carbocycles. The number of carbonyl (C=O) groups excluding carboxylic acids is 1. The molecule has 3 heterocycles. The summed E-state index contributed by atoms with van der Waals surface area (Å²) in [5, 5.41) is 10.7. The molecule has 0 radical (unpaired) electrons. The topological polar surface area (TPSA) is 71.5 Å².